The Balaban J connectivity index is 1.71. The molecule has 3 rings (SSSR count). The predicted molar refractivity (Wildman–Crippen MR) is 104 cm³/mol. The summed E-state index contributed by atoms with van der Waals surface area (Å²) in [7, 11) is -3.30. The third-order valence-corrected chi connectivity index (χ3v) is 6.18. The number of amides is 1. The van der Waals surface area contributed by atoms with Crippen molar-refractivity contribution in [1.29, 1.82) is 0 Å². The van der Waals surface area contributed by atoms with Crippen LogP contribution in [0.5, 0.6) is 0 Å². The molecular formula is C18H20F3N3O3S2. The molecule has 11 heteroatoms. The third kappa shape index (κ3) is 5.77. The van der Waals surface area contributed by atoms with Crippen LogP contribution in [-0.2, 0) is 16.2 Å². The monoisotopic (exact) mass is 447 g/mol. The van der Waals surface area contributed by atoms with E-state index in [9.17, 15) is 26.4 Å². The molecule has 2 aromatic rings. The van der Waals surface area contributed by atoms with Crippen LogP contribution >= 0.6 is 11.3 Å². The highest BCUT2D eigenvalue weighted by atomic mass is 32.2. The summed E-state index contributed by atoms with van der Waals surface area (Å²) in [6.07, 6.45) is -1.82. The number of hydrogen-bond donors (Lipinski definition) is 1. The fraction of sp³-hybridized carbons (Fsp3) is 0.444. The van der Waals surface area contributed by atoms with E-state index in [0.717, 1.165) is 42.6 Å². The lowest BCUT2D eigenvalue weighted by Crippen LogP contribution is -2.43. The summed E-state index contributed by atoms with van der Waals surface area (Å²) < 4.78 is 63.7. The number of aromatic nitrogens is 1. The van der Waals surface area contributed by atoms with E-state index < -0.39 is 21.8 Å². The first-order chi connectivity index (χ1) is 13.5. The van der Waals surface area contributed by atoms with E-state index in [1.807, 2.05) is 0 Å². The number of rotatable bonds is 5. The number of nitrogens with one attached hydrogen (secondary N) is 1. The van der Waals surface area contributed by atoms with Gasteiger partial charge in [0.05, 0.1) is 11.8 Å². The topological polar surface area (TPSA) is 79.4 Å². The van der Waals surface area contributed by atoms with Gasteiger partial charge in [0.25, 0.3) is 5.91 Å². The van der Waals surface area contributed by atoms with Gasteiger partial charge in [-0.1, -0.05) is 12.1 Å². The molecule has 0 bridgehead atoms. The molecule has 1 unspecified atom stereocenters. The molecule has 6 nitrogen and oxygen atoms in total. The van der Waals surface area contributed by atoms with E-state index in [0.29, 0.717) is 23.7 Å². The number of hydrogen-bond acceptors (Lipinski definition) is 5. The molecule has 2 heterocycles. The van der Waals surface area contributed by atoms with Gasteiger partial charge in [-0.3, -0.25) is 4.79 Å². The minimum Gasteiger partial charge on any atom is -0.337 e. The minimum atomic E-state index is -4.45. The average molecular weight is 448 g/mol. The first-order valence-electron chi connectivity index (χ1n) is 8.90. The Morgan fingerprint density at radius 2 is 2.14 bits per heavy atom. The number of halogens is 3. The first-order valence-corrected chi connectivity index (χ1v) is 11.7. The van der Waals surface area contributed by atoms with Crippen molar-refractivity contribution in [3.8, 4) is 10.6 Å². The molecule has 0 spiro atoms. The first kappa shape index (κ1) is 21.7. The quantitative estimate of drug-likeness (QED) is 0.763. The summed E-state index contributed by atoms with van der Waals surface area (Å²) in [5.74, 6) is -0.299. The van der Waals surface area contributed by atoms with Gasteiger partial charge >= 0.3 is 6.18 Å². The molecule has 1 N–H and O–H groups in total. The van der Waals surface area contributed by atoms with E-state index in [1.165, 1.54) is 17.5 Å². The van der Waals surface area contributed by atoms with Gasteiger partial charge in [0.15, 0.2) is 0 Å². The van der Waals surface area contributed by atoms with E-state index in [1.54, 1.807) is 4.90 Å². The standard InChI is InChI=1S/C18H20F3N3O3S2/c1-29(26,27)22-9-12-4-3-7-24(10-12)17(25)15-11-28-16(23-15)13-5-2-6-14(8-13)18(19,20)21/h2,5-6,8,11-12,22H,3-4,7,9-10H2,1H3. The number of sulfonamides is 1. The van der Waals surface area contributed by atoms with Crippen LogP contribution in [0.15, 0.2) is 29.6 Å². The second-order valence-corrected chi connectivity index (χ2v) is 9.69. The van der Waals surface area contributed by atoms with Gasteiger partial charge in [0.1, 0.15) is 10.7 Å². The molecule has 0 aliphatic carbocycles. The normalized spacial score (nSPS) is 18.1. The van der Waals surface area contributed by atoms with Crippen molar-refractivity contribution in [2.45, 2.75) is 19.0 Å². The summed E-state index contributed by atoms with van der Waals surface area (Å²) >= 11 is 1.11. The van der Waals surface area contributed by atoms with Gasteiger partial charge in [-0.2, -0.15) is 13.2 Å². The second-order valence-electron chi connectivity index (χ2n) is 7.00. The van der Waals surface area contributed by atoms with E-state index in [2.05, 4.69) is 9.71 Å². The number of carbonyl (C=O) groups excluding carboxylic acids is 1. The zero-order chi connectivity index (χ0) is 21.2. The predicted octanol–water partition coefficient (Wildman–Crippen LogP) is 3.23. The Kier molecular flexibility index (Phi) is 6.30. The molecule has 29 heavy (non-hydrogen) atoms. The summed E-state index contributed by atoms with van der Waals surface area (Å²) in [5.41, 5.74) is -0.285. The maximum Gasteiger partial charge on any atom is 0.416 e. The van der Waals surface area contributed by atoms with Crippen molar-refractivity contribution in [1.82, 2.24) is 14.6 Å². The molecule has 1 atom stereocenters. The van der Waals surface area contributed by atoms with Crippen LogP contribution in [0.1, 0.15) is 28.9 Å². The Hall–Kier alpha value is -1.98. The smallest absolute Gasteiger partial charge is 0.337 e. The van der Waals surface area contributed by atoms with Crippen molar-refractivity contribution < 1.29 is 26.4 Å². The van der Waals surface area contributed by atoms with Gasteiger partial charge < -0.3 is 4.90 Å². The highest BCUT2D eigenvalue weighted by Gasteiger charge is 2.31. The van der Waals surface area contributed by atoms with Gasteiger partial charge in [-0.15, -0.1) is 11.3 Å². The van der Waals surface area contributed by atoms with Crippen LogP contribution in [0, 0.1) is 5.92 Å². The molecule has 1 aromatic carbocycles. The van der Waals surface area contributed by atoms with E-state index >= 15 is 0 Å². The van der Waals surface area contributed by atoms with Crippen LogP contribution in [-0.4, -0.2) is 50.1 Å². The highest BCUT2D eigenvalue weighted by molar-refractivity contribution is 7.88. The van der Waals surface area contributed by atoms with Crippen LogP contribution in [0.4, 0.5) is 13.2 Å². The maximum atomic E-state index is 12.9. The summed E-state index contributed by atoms with van der Waals surface area (Å²) in [4.78, 5) is 18.6. The number of nitrogens with zero attached hydrogens (tertiary/aromatic N) is 2. The van der Waals surface area contributed by atoms with Crippen molar-refractivity contribution in [2.75, 3.05) is 25.9 Å². The molecule has 1 aromatic heterocycles. The van der Waals surface area contributed by atoms with E-state index in [4.69, 9.17) is 0 Å². The highest BCUT2D eigenvalue weighted by Crippen LogP contribution is 2.33. The second kappa shape index (κ2) is 8.41. The number of piperidine rings is 1. The van der Waals surface area contributed by atoms with Crippen molar-refractivity contribution >= 4 is 27.3 Å². The van der Waals surface area contributed by atoms with E-state index in [-0.39, 0.29) is 24.1 Å². The number of likely N-dealkylation sites (tertiary alicyclic amines) is 1. The molecule has 1 amide bonds. The van der Waals surface area contributed by atoms with Crippen LogP contribution in [0.3, 0.4) is 0 Å². The van der Waals surface area contributed by atoms with Crippen molar-refractivity contribution in [3.05, 3.63) is 40.9 Å². The molecule has 1 aliphatic heterocycles. The number of carbonyl (C=O) groups is 1. The van der Waals surface area contributed by atoms with Crippen LogP contribution in [0.2, 0.25) is 0 Å². The molecule has 0 radical (unpaired) electrons. The van der Waals surface area contributed by atoms with Gasteiger partial charge in [0.2, 0.25) is 10.0 Å². The summed E-state index contributed by atoms with van der Waals surface area (Å²) in [6, 6.07) is 4.84. The summed E-state index contributed by atoms with van der Waals surface area (Å²) in [6.45, 7) is 1.19. The lowest BCUT2D eigenvalue weighted by molar-refractivity contribution is -0.137. The van der Waals surface area contributed by atoms with Gasteiger partial charge in [-0.05, 0) is 30.9 Å². The van der Waals surface area contributed by atoms with Crippen molar-refractivity contribution in [2.24, 2.45) is 5.92 Å². The number of alkyl halides is 3. The van der Waals surface area contributed by atoms with Crippen LogP contribution < -0.4 is 4.72 Å². The molecule has 158 valence electrons. The number of thiazole rings is 1. The van der Waals surface area contributed by atoms with Gasteiger partial charge in [-0.25, -0.2) is 18.1 Å². The molecular weight excluding hydrogens is 427 g/mol. The van der Waals surface area contributed by atoms with Gasteiger partial charge in [0, 0.05) is 30.6 Å². The van der Waals surface area contributed by atoms with Crippen LogP contribution in [0.25, 0.3) is 10.6 Å². The Bertz CT molecular complexity index is 989. The summed E-state index contributed by atoms with van der Waals surface area (Å²) in [5, 5.41) is 1.88. The van der Waals surface area contributed by atoms with Crippen molar-refractivity contribution in [3.63, 3.8) is 0 Å². The fourth-order valence-corrected chi connectivity index (χ4v) is 4.51. The maximum absolute atomic E-state index is 12.9. The zero-order valence-electron chi connectivity index (χ0n) is 15.6. The largest absolute Gasteiger partial charge is 0.416 e. The fourth-order valence-electron chi connectivity index (χ4n) is 3.18. The Morgan fingerprint density at radius 1 is 1.38 bits per heavy atom. The molecule has 1 fully saturated rings. The minimum absolute atomic E-state index is 0.00370. The SMILES string of the molecule is CS(=O)(=O)NCC1CCCN(C(=O)c2csc(-c3cccc(C(F)(F)F)c3)n2)C1. The lowest BCUT2D eigenvalue weighted by Gasteiger charge is -2.32. The number of benzene rings is 1. The average Bonchev–Trinajstić information content (AvgIpc) is 3.15. The molecule has 1 aliphatic rings. The lowest BCUT2D eigenvalue weighted by atomic mass is 9.98. The third-order valence-electron chi connectivity index (χ3n) is 4.60. The molecule has 1 saturated heterocycles. The zero-order valence-corrected chi connectivity index (χ0v) is 17.2. The molecule has 0 saturated carbocycles. The Morgan fingerprint density at radius 3 is 2.83 bits per heavy atom. The Labute approximate surface area is 170 Å².